The zero-order valence-corrected chi connectivity index (χ0v) is 56.2. The Balaban J connectivity index is 1.20. The Morgan fingerprint density at radius 1 is 0.362 bits per heavy atom. The lowest BCUT2D eigenvalue weighted by molar-refractivity contribution is -0.127. The second kappa shape index (κ2) is 25.2. The molecule has 2 atom stereocenters. The Bertz CT molecular complexity index is 4100. The van der Waals surface area contributed by atoms with E-state index >= 15 is 28.8 Å². The van der Waals surface area contributed by atoms with Crippen LogP contribution in [0.1, 0.15) is 191 Å². The lowest BCUT2D eigenvalue weighted by Crippen LogP contribution is -2.55. The van der Waals surface area contributed by atoms with E-state index < -0.39 is 47.5 Å². The van der Waals surface area contributed by atoms with Crippen LogP contribution in [-0.2, 0) is 9.59 Å². The van der Waals surface area contributed by atoms with Crippen molar-refractivity contribution in [3.63, 3.8) is 0 Å². The van der Waals surface area contributed by atoms with Gasteiger partial charge in [0, 0.05) is 55.2 Å². The predicted octanol–water partition coefficient (Wildman–Crippen LogP) is 18.3. The van der Waals surface area contributed by atoms with E-state index in [4.69, 9.17) is 18.9 Å². The highest BCUT2D eigenvalue weighted by Crippen LogP contribution is 2.58. The number of nitrogens with zero attached hydrogens (tertiary/aromatic N) is 2. The zero-order valence-electron chi connectivity index (χ0n) is 56.2. The van der Waals surface area contributed by atoms with Crippen LogP contribution in [-0.4, -0.2) is 69.4 Å². The first-order chi connectivity index (χ1) is 45.0. The van der Waals surface area contributed by atoms with Gasteiger partial charge in [-0.05, 0) is 177 Å². The molecule has 484 valence electrons. The van der Waals surface area contributed by atoms with Crippen LogP contribution in [0.25, 0.3) is 43.1 Å². The number of benzene rings is 9. The van der Waals surface area contributed by atoms with E-state index in [1.165, 1.54) is 0 Å². The molecule has 2 heterocycles. The highest BCUT2D eigenvalue weighted by atomic mass is 16.5. The average molecular weight is 1260 g/mol. The van der Waals surface area contributed by atoms with Gasteiger partial charge in [-0.2, -0.15) is 0 Å². The molecule has 9 aromatic carbocycles. The van der Waals surface area contributed by atoms with Crippen molar-refractivity contribution in [3.8, 4) is 46.0 Å². The minimum Gasteiger partial charge on any atom is -0.456 e. The van der Waals surface area contributed by atoms with Crippen molar-refractivity contribution in [2.24, 2.45) is 11.8 Å². The molecule has 14 nitrogen and oxygen atoms in total. The van der Waals surface area contributed by atoms with Gasteiger partial charge in [0.05, 0.1) is 22.3 Å². The van der Waals surface area contributed by atoms with Crippen LogP contribution in [0.5, 0.6) is 46.0 Å². The number of hydrogen-bond acceptors (Lipinski definition) is 10. The second-order valence-corrected chi connectivity index (χ2v) is 28.1. The number of aryl methyl sites for hydroxylation is 8. The summed E-state index contributed by atoms with van der Waals surface area (Å²) in [4.78, 5) is 97.7. The third kappa shape index (κ3) is 11.5. The number of fused-ring (bicyclic) bond motifs is 2. The third-order valence-electron chi connectivity index (χ3n) is 19.7. The van der Waals surface area contributed by atoms with Crippen LogP contribution >= 0.6 is 0 Å². The topological polar surface area (TPSA) is 170 Å². The van der Waals surface area contributed by atoms with Crippen molar-refractivity contribution in [1.82, 2.24) is 20.4 Å². The normalized spacial score (nSPS) is 16.1. The molecule has 9 aromatic rings. The molecule has 14 heteroatoms. The van der Waals surface area contributed by atoms with Crippen LogP contribution in [0.15, 0.2) is 97.1 Å². The Morgan fingerprint density at radius 3 is 0.851 bits per heavy atom. The van der Waals surface area contributed by atoms with E-state index in [0.29, 0.717) is 55.3 Å². The summed E-state index contributed by atoms with van der Waals surface area (Å²) in [5, 5.41) is 9.38. The van der Waals surface area contributed by atoms with E-state index in [0.717, 1.165) is 119 Å². The van der Waals surface area contributed by atoms with Gasteiger partial charge in [-0.3, -0.25) is 38.6 Å². The highest BCUT2D eigenvalue weighted by Gasteiger charge is 2.47. The summed E-state index contributed by atoms with van der Waals surface area (Å²) in [6.45, 7) is 23.7. The fraction of sp³-hybridized carbons (Fsp3) is 0.375. The first-order valence-corrected chi connectivity index (χ1v) is 33.8. The van der Waals surface area contributed by atoms with Gasteiger partial charge in [-0.15, -0.1) is 0 Å². The number of hydrogen-bond donors (Lipinski definition) is 2. The molecule has 0 saturated heterocycles. The maximum Gasteiger partial charge on any atom is 0.262 e. The van der Waals surface area contributed by atoms with Crippen molar-refractivity contribution >= 4 is 78.5 Å². The molecular formula is C80H84N4O10. The predicted molar refractivity (Wildman–Crippen MR) is 369 cm³/mol. The number of amides is 6. The first kappa shape index (κ1) is 63.5. The average Bonchev–Trinajstić information content (AvgIpc) is 0.672. The minimum absolute atomic E-state index is 0.106. The molecule has 2 saturated carbocycles. The number of ether oxygens (including phenoxy) is 4. The molecule has 2 unspecified atom stereocenters. The third-order valence-corrected chi connectivity index (χ3v) is 19.7. The smallest absolute Gasteiger partial charge is 0.262 e. The molecule has 0 radical (unpaired) electrons. The summed E-state index contributed by atoms with van der Waals surface area (Å²) in [5.74, 6) is -1.14. The van der Waals surface area contributed by atoms with Crippen LogP contribution in [0.3, 0.4) is 0 Å². The minimum atomic E-state index is -1.19. The molecule has 94 heavy (non-hydrogen) atoms. The molecular weight excluding hydrogens is 1180 g/mol. The van der Waals surface area contributed by atoms with Crippen molar-refractivity contribution < 1.29 is 47.7 Å². The maximum atomic E-state index is 16.3. The Kier molecular flexibility index (Phi) is 17.0. The van der Waals surface area contributed by atoms with Crippen molar-refractivity contribution in [2.45, 2.75) is 184 Å². The Morgan fingerprint density at radius 2 is 0.617 bits per heavy atom. The fourth-order valence-electron chi connectivity index (χ4n) is 15.2. The molecule has 6 amide bonds. The molecule has 0 bridgehead atoms. The van der Waals surface area contributed by atoms with Gasteiger partial charge in [0.25, 0.3) is 23.6 Å². The van der Waals surface area contributed by atoms with E-state index in [-0.39, 0.29) is 92.8 Å². The summed E-state index contributed by atoms with van der Waals surface area (Å²) < 4.78 is 29.5. The van der Waals surface area contributed by atoms with Crippen molar-refractivity contribution in [1.29, 1.82) is 0 Å². The monoisotopic (exact) mass is 1260 g/mol. The number of imide groups is 2. The van der Waals surface area contributed by atoms with Crippen molar-refractivity contribution in [3.05, 3.63) is 164 Å². The largest absolute Gasteiger partial charge is 0.456 e. The second-order valence-electron chi connectivity index (χ2n) is 28.1. The molecule has 0 spiro atoms. The summed E-state index contributed by atoms with van der Waals surface area (Å²) in [5.41, 5.74) is 7.56. The Labute approximate surface area is 550 Å². The van der Waals surface area contributed by atoms with Gasteiger partial charge in [0.15, 0.2) is 0 Å². The number of carbonyl (C=O) groups is 6. The molecule has 2 N–H and O–H groups in total. The number of carbonyl (C=O) groups excluding carboxylic acids is 6. The number of rotatable bonds is 18. The molecule has 13 rings (SSSR count). The molecule has 0 aromatic heterocycles. The molecule has 2 aliphatic carbocycles. The number of nitrogens with one attached hydrogen (secondary N) is 2. The maximum absolute atomic E-state index is 16.3. The summed E-state index contributed by atoms with van der Waals surface area (Å²) in [7, 11) is 0. The van der Waals surface area contributed by atoms with Crippen LogP contribution < -0.4 is 29.6 Å². The summed E-state index contributed by atoms with van der Waals surface area (Å²) in [6, 6.07) is 27.5. The van der Waals surface area contributed by atoms with Crippen LogP contribution in [0, 0.1) is 67.2 Å². The van der Waals surface area contributed by atoms with Gasteiger partial charge in [-0.25, -0.2) is 0 Å². The molecule has 2 aliphatic heterocycles. The van der Waals surface area contributed by atoms with Gasteiger partial charge in [0.1, 0.15) is 58.1 Å². The van der Waals surface area contributed by atoms with Gasteiger partial charge < -0.3 is 29.6 Å². The standard InChI is InChI=1S/C80H84N4O10/c1-41(2)31-57(75(85)81-51-19-15-13-16-20-51)83-77(87)53-37-63(91-59-27-23-43(5)33-47(59)9)69-71-65(93-61-29-25-45(7)35-49(61)11)39-55-68-56(80(90)84(79(55)89)58(32-42(3)4)76(86)82-52-21-17-14-18-22-52)40-66(94-62-30-26-46(8)36-50(62)12)72(74(68)71)70-64(38-54(78(83)88)67(53)73(69)70)92-60-28-24-44(6)34-48(60)10/h23-30,33-42,51-52,57-58H,13-22,31-32H2,1-12H3,(H,81,85)(H,82,86). The molecule has 4 aliphatic rings. The summed E-state index contributed by atoms with van der Waals surface area (Å²) >= 11 is 0. The van der Waals surface area contributed by atoms with E-state index in [1.54, 1.807) is 24.3 Å². The van der Waals surface area contributed by atoms with Gasteiger partial charge in [0.2, 0.25) is 11.8 Å². The van der Waals surface area contributed by atoms with E-state index in [1.807, 2.05) is 156 Å². The van der Waals surface area contributed by atoms with Gasteiger partial charge >= 0.3 is 0 Å². The lowest BCUT2D eigenvalue weighted by Gasteiger charge is -2.37. The van der Waals surface area contributed by atoms with Crippen LogP contribution in [0.2, 0.25) is 0 Å². The SMILES string of the molecule is Cc1ccc(Oc2cc3c4c(cc(Oc5ccc(C)cc5C)c5c6c(Oc7ccc(C)cc7C)cc7c8c(cc(Oc9ccc(C)cc9C)c(c2c45)c86)C(=O)N(C(CC(C)C)C(=O)NC2CCCCC2)C7=O)C(=O)N(C(CC(C)C)C(=O)NC2CCCCC2)C3=O)c(C)c1. The van der Waals surface area contributed by atoms with E-state index in [2.05, 4.69) is 10.6 Å². The van der Waals surface area contributed by atoms with Gasteiger partial charge in [-0.1, -0.05) is 137 Å². The lowest BCUT2D eigenvalue weighted by atomic mass is 9.80. The van der Waals surface area contributed by atoms with Crippen LogP contribution in [0.4, 0.5) is 0 Å². The van der Waals surface area contributed by atoms with E-state index in [9.17, 15) is 0 Å². The zero-order chi connectivity index (χ0) is 66.3. The fourth-order valence-corrected chi connectivity index (χ4v) is 15.2. The quantitative estimate of drug-likeness (QED) is 0.0479. The first-order valence-electron chi connectivity index (χ1n) is 33.8. The van der Waals surface area contributed by atoms with Crippen molar-refractivity contribution in [2.75, 3.05) is 0 Å². The summed E-state index contributed by atoms with van der Waals surface area (Å²) in [6.07, 6.45) is 9.58. The Hall–Kier alpha value is -9.30. The molecule has 2 fully saturated rings. The highest BCUT2D eigenvalue weighted by molar-refractivity contribution is 6.45.